The molecule has 3 heteroatoms. The van der Waals surface area contributed by atoms with E-state index >= 15 is 0 Å². The SMILES string of the molecule is C[C@H]1CCN(CCc2ccccc2)[C@H]1C(=O)O. The molecule has 0 saturated carbocycles. The normalized spacial score (nSPS) is 25.0. The fraction of sp³-hybridized carbons (Fsp3) is 0.500. The molecule has 92 valence electrons. The number of benzene rings is 1. The van der Waals surface area contributed by atoms with Crippen LogP contribution in [0.5, 0.6) is 0 Å². The average molecular weight is 233 g/mol. The number of rotatable bonds is 4. The smallest absolute Gasteiger partial charge is 0.321 e. The third-order valence-corrected chi connectivity index (χ3v) is 3.59. The second kappa shape index (κ2) is 5.32. The highest BCUT2D eigenvalue weighted by Gasteiger charge is 2.35. The molecule has 1 aromatic rings. The topological polar surface area (TPSA) is 40.5 Å². The van der Waals surface area contributed by atoms with E-state index in [9.17, 15) is 9.90 Å². The minimum atomic E-state index is -0.678. The van der Waals surface area contributed by atoms with E-state index in [0.717, 1.165) is 25.9 Å². The third kappa shape index (κ3) is 2.86. The highest BCUT2D eigenvalue weighted by Crippen LogP contribution is 2.24. The number of hydrogen-bond donors (Lipinski definition) is 1. The molecule has 0 unspecified atom stereocenters. The highest BCUT2D eigenvalue weighted by atomic mass is 16.4. The van der Waals surface area contributed by atoms with E-state index in [2.05, 4.69) is 17.0 Å². The van der Waals surface area contributed by atoms with E-state index in [1.807, 2.05) is 25.1 Å². The maximum atomic E-state index is 11.2. The molecule has 2 atom stereocenters. The number of carbonyl (C=O) groups is 1. The van der Waals surface area contributed by atoms with Crippen LogP contribution >= 0.6 is 0 Å². The van der Waals surface area contributed by atoms with Crippen LogP contribution in [0.4, 0.5) is 0 Å². The zero-order valence-corrected chi connectivity index (χ0v) is 10.2. The Bertz CT molecular complexity index is 377. The second-order valence-corrected chi connectivity index (χ2v) is 4.82. The Labute approximate surface area is 102 Å². The molecule has 1 N–H and O–H groups in total. The van der Waals surface area contributed by atoms with E-state index < -0.39 is 5.97 Å². The first-order chi connectivity index (χ1) is 8.18. The molecule has 0 spiro atoms. The van der Waals surface area contributed by atoms with Gasteiger partial charge in [-0.15, -0.1) is 0 Å². The summed E-state index contributed by atoms with van der Waals surface area (Å²) in [5, 5.41) is 9.21. The van der Waals surface area contributed by atoms with Crippen LogP contribution in [0.2, 0.25) is 0 Å². The standard InChI is InChI=1S/C14H19NO2/c1-11-7-9-15(13(11)14(16)17)10-8-12-5-3-2-4-6-12/h2-6,11,13H,7-10H2,1H3,(H,16,17)/t11-,13+/m0/s1. The van der Waals surface area contributed by atoms with Crippen LogP contribution in [-0.4, -0.2) is 35.1 Å². The molecule has 0 aliphatic carbocycles. The Hall–Kier alpha value is -1.35. The molecule has 1 saturated heterocycles. The zero-order chi connectivity index (χ0) is 12.3. The molecule has 0 amide bonds. The van der Waals surface area contributed by atoms with Crippen molar-refractivity contribution in [3.63, 3.8) is 0 Å². The molecule has 2 rings (SSSR count). The molecule has 3 nitrogen and oxygen atoms in total. The van der Waals surface area contributed by atoms with Crippen molar-refractivity contribution < 1.29 is 9.90 Å². The number of hydrogen-bond acceptors (Lipinski definition) is 2. The van der Waals surface area contributed by atoms with Crippen LogP contribution in [0.25, 0.3) is 0 Å². The van der Waals surface area contributed by atoms with Gasteiger partial charge in [-0.2, -0.15) is 0 Å². The molecule has 1 aromatic carbocycles. The largest absolute Gasteiger partial charge is 0.480 e. The Kier molecular flexibility index (Phi) is 3.79. The van der Waals surface area contributed by atoms with Crippen LogP contribution in [-0.2, 0) is 11.2 Å². The number of carboxylic acid groups (broad SMARTS) is 1. The molecule has 1 fully saturated rings. The van der Waals surface area contributed by atoms with Gasteiger partial charge in [-0.1, -0.05) is 37.3 Å². The quantitative estimate of drug-likeness (QED) is 0.865. The molecule has 17 heavy (non-hydrogen) atoms. The van der Waals surface area contributed by atoms with Crippen molar-refractivity contribution in [2.24, 2.45) is 5.92 Å². The molecule has 1 aliphatic heterocycles. The maximum Gasteiger partial charge on any atom is 0.321 e. The lowest BCUT2D eigenvalue weighted by Crippen LogP contribution is -2.40. The minimum Gasteiger partial charge on any atom is -0.480 e. The van der Waals surface area contributed by atoms with Crippen molar-refractivity contribution in [2.45, 2.75) is 25.8 Å². The van der Waals surface area contributed by atoms with Gasteiger partial charge in [0.15, 0.2) is 0 Å². The average Bonchev–Trinajstić information content (AvgIpc) is 2.69. The summed E-state index contributed by atoms with van der Waals surface area (Å²) in [5.74, 6) is -0.411. The predicted molar refractivity (Wildman–Crippen MR) is 66.9 cm³/mol. The summed E-state index contributed by atoms with van der Waals surface area (Å²) in [4.78, 5) is 13.3. The summed E-state index contributed by atoms with van der Waals surface area (Å²) in [6.45, 7) is 3.78. The van der Waals surface area contributed by atoms with Gasteiger partial charge in [0, 0.05) is 6.54 Å². The first-order valence-corrected chi connectivity index (χ1v) is 6.19. The van der Waals surface area contributed by atoms with Crippen LogP contribution < -0.4 is 0 Å². The Morgan fingerprint density at radius 1 is 1.41 bits per heavy atom. The summed E-state index contributed by atoms with van der Waals surface area (Å²) in [7, 11) is 0. The first kappa shape index (κ1) is 12.1. The van der Waals surface area contributed by atoms with Gasteiger partial charge in [0.1, 0.15) is 6.04 Å². The van der Waals surface area contributed by atoms with E-state index in [4.69, 9.17) is 0 Å². The number of carboxylic acids is 1. The number of likely N-dealkylation sites (tertiary alicyclic amines) is 1. The summed E-state index contributed by atoms with van der Waals surface area (Å²) < 4.78 is 0. The lowest BCUT2D eigenvalue weighted by atomic mass is 10.0. The van der Waals surface area contributed by atoms with Gasteiger partial charge >= 0.3 is 5.97 Å². The van der Waals surface area contributed by atoms with E-state index in [1.54, 1.807) is 0 Å². The summed E-state index contributed by atoms with van der Waals surface area (Å²) >= 11 is 0. The third-order valence-electron chi connectivity index (χ3n) is 3.59. The van der Waals surface area contributed by atoms with Crippen LogP contribution in [0.15, 0.2) is 30.3 Å². The zero-order valence-electron chi connectivity index (χ0n) is 10.2. The molecular formula is C14H19NO2. The van der Waals surface area contributed by atoms with Gasteiger partial charge in [0.05, 0.1) is 0 Å². The maximum absolute atomic E-state index is 11.2. The van der Waals surface area contributed by atoms with Crippen molar-refractivity contribution in [1.82, 2.24) is 4.90 Å². The van der Waals surface area contributed by atoms with Crippen molar-refractivity contribution >= 4 is 5.97 Å². The van der Waals surface area contributed by atoms with E-state index in [0.29, 0.717) is 0 Å². The lowest BCUT2D eigenvalue weighted by Gasteiger charge is -2.22. The van der Waals surface area contributed by atoms with Gasteiger partial charge in [-0.05, 0) is 30.9 Å². The molecule has 1 aliphatic rings. The first-order valence-electron chi connectivity index (χ1n) is 6.19. The van der Waals surface area contributed by atoms with Gasteiger partial charge in [0.25, 0.3) is 0 Å². The second-order valence-electron chi connectivity index (χ2n) is 4.82. The fourth-order valence-corrected chi connectivity index (χ4v) is 2.59. The van der Waals surface area contributed by atoms with Gasteiger partial charge < -0.3 is 5.11 Å². The fourth-order valence-electron chi connectivity index (χ4n) is 2.59. The van der Waals surface area contributed by atoms with E-state index in [-0.39, 0.29) is 12.0 Å². The van der Waals surface area contributed by atoms with Crippen molar-refractivity contribution in [2.75, 3.05) is 13.1 Å². The van der Waals surface area contributed by atoms with Crippen molar-refractivity contribution in [3.05, 3.63) is 35.9 Å². The van der Waals surface area contributed by atoms with Crippen LogP contribution in [0.1, 0.15) is 18.9 Å². The summed E-state index contributed by atoms with van der Waals surface area (Å²) in [6.07, 6.45) is 1.92. The monoisotopic (exact) mass is 233 g/mol. The van der Waals surface area contributed by atoms with E-state index in [1.165, 1.54) is 5.56 Å². The van der Waals surface area contributed by atoms with Gasteiger partial charge in [-0.25, -0.2) is 0 Å². The summed E-state index contributed by atoms with van der Waals surface area (Å²) in [5.41, 5.74) is 1.27. The Morgan fingerprint density at radius 2 is 2.12 bits per heavy atom. The number of aliphatic carboxylic acids is 1. The molecule has 0 bridgehead atoms. The molecule has 1 heterocycles. The number of nitrogens with zero attached hydrogens (tertiary/aromatic N) is 1. The molecule has 0 radical (unpaired) electrons. The van der Waals surface area contributed by atoms with Crippen molar-refractivity contribution in [1.29, 1.82) is 0 Å². The Morgan fingerprint density at radius 3 is 2.76 bits per heavy atom. The summed E-state index contributed by atoms with van der Waals surface area (Å²) in [6, 6.07) is 9.94. The van der Waals surface area contributed by atoms with Gasteiger partial charge in [-0.3, -0.25) is 9.69 Å². The molecular weight excluding hydrogens is 214 g/mol. The highest BCUT2D eigenvalue weighted by molar-refractivity contribution is 5.74. The predicted octanol–water partition coefficient (Wildman–Crippen LogP) is 2.02. The van der Waals surface area contributed by atoms with Crippen LogP contribution in [0, 0.1) is 5.92 Å². The van der Waals surface area contributed by atoms with Crippen molar-refractivity contribution in [3.8, 4) is 0 Å². The minimum absolute atomic E-state index is 0.267. The Balaban J connectivity index is 1.93. The lowest BCUT2D eigenvalue weighted by molar-refractivity contribution is -0.143. The molecule has 0 aromatic heterocycles. The van der Waals surface area contributed by atoms with Crippen LogP contribution in [0.3, 0.4) is 0 Å². The van der Waals surface area contributed by atoms with Gasteiger partial charge in [0.2, 0.25) is 0 Å².